The highest BCUT2D eigenvalue weighted by molar-refractivity contribution is 5.94. The number of ether oxygens (including phenoxy) is 1. The summed E-state index contributed by atoms with van der Waals surface area (Å²) < 4.78 is 5.52. The van der Waals surface area contributed by atoms with Gasteiger partial charge in [-0.2, -0.15) is 0 Å². The van der Waals surface area contributed by atoms with Crippen molar-refractivity contribution in [3.63, 3.8) is 0 Å². The Morgan fingerprint density at radius 1 is 1.50 bits per heavy atom. The maximum Gasteiger partial charge on any atom is 0.234 e. The predicted octanol–water partition coefficient (Wildman–Crippen LogP) is 0.579. The highest BCUT2D eigenvalue weighted by Gasteiger charge is 2.30. The van der Waals surface area contributed by atoms with E-state index in [0.29, 0.717) is 17.9 Å². The summed E-state index contributed by atoms with van der Waals surface area (Å²) in [6, 6.07) is 6.55. The zero-order valence-electron chi connectivity index (χ0n) is 12.7. The minimum atomic E-state index is -0.721. The fourth-order valence-electron chi connectivity index (χ4n) is 2.69. The van der Waals surface area contributed by atoms with Crippen molar-refractivity contribution < 1.29 is 19.4 Å². The molecule has 2 rings (SSSR count). The largest absolute Gasteiger partial charge is 0.491 e. The van der Waals surface area contributed by atoms with Gasteiger partial charge in [-0.3, -0.25) is 14.5 Å². The van der Waals surface area contributed by atoms with E-state index in [1.165, 1.54) is 6.92 Å². The molecule has 0 bridgehead atoms. The Morgan fingerprint density at radius 2 is 2.27 bits per heavy atom. The van der Waals surface area contributed by atoms with E-state index in [-0.39, 0.29) is 24.3 Å². The van der Waals surface area contributed by atoms with E-state index in [1.54, 1.807) is 24.3 Å². The van der Waals surface area contributed by atoms with Gasteiger partial charge < -0.3 is 15.6 Å². The zero-order chi connectivity index (χ0) is 16.1. The summed E-state index contributed by atoms with van der Waals surface area (Å²) in [5.41, 5.74) is 5.92. The monoisotopic (exact) mass is 306 g/mol. The van der Waals surface area contributed by atoms with Crippen LogP contribution in [0.15, 0.2) is 24.3 Å². The van der Waals surface area contributed by atoms with Crippen LogP contribution in [-0.4, -0.2) is 53.5 Å². The molecule has 6 nitrogen and oxygen atoms in total. The van der Waals surface area contributed by atoms with E-state index in [0.717, 1.165) is 19.4 Å². The normalized spacial score (nSPS) is 19.8. The smallest absolute Gasteiger partial charge is 0.234 e. The average molecular weight is 306 g/mol. The van der Waals surface area contributed by atoms with E-state index >= 15 is 0 Å². The van der Waals surface area contributed by atoms with Crippen LogP contribution in [0.2, 0.25) is 0 Å². The number of primary amides is 1. The summed E-state index contributed by atoms with van der Waals surface area (Å²) in [6.45, 7) is 2.69. The third kappa shape index (κ3) is 4.29. The maximum absolute atomic E-state index is 11.3. The van der Waals surface area contributed by atoms with Crippen LogP contribution in [0, 0.1) is 0 Å². The number of likely N-dealkylation sites (tertiary alicyclic amines) is 1. The van der Waals surface area contributed by atoms with Crippen molar-refractivity contribution in [3.05, 3.63) is 29.8 Å². The molecule has 1 aliphatic rings. The van der Waals surface area contributed by atoms with Crippen molar-refractivity contribution >= 4 is 11.7 Å². The van der Waals surface area contributed by atoms with Gasteiger partial charge in [0, 0.05) is 12.1 Å². The Labute approximate surface area is 129 Å². The first-order valence-electron chi connectivity index (χ1n) is 7.42. The Hall–Kier alpha value is -1.92. The Balaban J connectivity index is 1.85. The Bertz CT molecular complexity index is 547. The first-order chi connectivity index (χ1) is 10.5. The van der Waals surface area contributed by atoms with Gasteiger partial charge in [0.05, 0.1) is 6.04 Å². The lowest BCUT2D eigenvalue weighted by Crippen LogP contribution is -2.44. The van der Waals surface area contributed by atoms with Crippen molar-refractivity contribution in [2.24, 2.45) is 5.73 Å². The number of nitrogens with two attached hydrogens (primary N) is 1. The number of hydrogen-bond donors (Lipinski definition) is 2. The van der Waals surface area contributed by atoms with Crippen molar-refractivity contribution in [2.45, 2.75) is 31.9 Å². The number of hydrogen-bond acceptors (Lipinski definition) is 5. The summed E-state index contributed by atoms with van der Waals surface area (Å²) >= 11 is 0. The van der Waals surface area contributed by atoms with Gasteiger partial charge in [-0.05, 0) is 38.4 Å². The molecule has 1 saturated heterocycles. The SMILES string of the molecule is CC(=O)c1cccc(OC[C@@H](O)CN2CCC[C@@H]2C(N)=O)c1. The number of carbonyl (C=O) groups excluding carboxylic acids is 2. The van der Waals surface area contributed by atoms with Crippen LogP contribution in [0.5, 0.6) is 5.75 Å². The standard InChI is InChI=1S/C16H22N2O4/c1-11(19)12-4-2-5-14(8-12)22-10-13(20)9-18-7-3-6-15(18)16(17)21/h2,4-5,8,13,15,20H,3,6-7,9-10H2,1H3,(H2,17,21)/t13-,15+/m0/s1. The number of aliphatic hydroxyl groups is 1. The molecule has 3 N–H and O–H groups in total. The molecule has 1 amide bonds. The molecule has 0 saturated carbocycles. The van der Waals surface area contributed by atoms with Crippen molar-refractivity contribution in [1.29, 1.82) is 0 Å². The van der Waals surface area contributed by atoms with E-state index in [9.17, 15) is 14.7 Å². The second kappa shape index (κ2) is 7.38. The first kappa shape index (κ1) is 16.5. The lowest BCUT2D eigenvalue weighted by molar-refractivity contribution is -0.122. The van der Waals surface area contributed by atoms with E-state index < -0.39 is 6.10 Å². The molecule has 0 aliphatic carbocycles. The number of carbonyl (C=O) groups is 2. The minimum absolute atomic E-state index is 0.0348. The highest BCUT2D eigenvalue weighted by Crippen LogP contribution is 2.18. The molecule has 1 fully saturated rings. The molecule has 0 unspecified atom stereocenters. The summed E-state index contributed by atoms with van der Waals surface area (Å²) in [4.78, 5) is 24.5. The lowest BCUT2D eigenvalue weighted by atomic mass is 10.1. The molecule has 1 aromatic carbocycles. The number of aliphatic hydroxyl groups excluding tert-OH is 1. The molecule has 2 atom stereocenters. The molecule has 120 valence electrons. The van der Waals surface area contributed by atoms with Gasteiger partial charge in [-0.15, -0.1) is 0 Å². The number of benzene rings is 1. The van der Waals surface area contributed by atoms with Gasteiger partial charge in [-0.1, -0.05) is 12.1 Å². The van der Waals surface area contributed by atoms with Crippen LogP contribution in [-0.2, 0) is 4.79 Å². The molecular weight excluding hydrogens is 284 g/mol. The molecular formula is C16H22N2O4. The average Bonchev–Trinajstić information content (AvgIpc) is 2.93. The van der Waals surface area contributed by atoms with Gasteiger partial charge in [0.2, 0.25) is 5.91 Å². The third-order valence-electron chi connectivity index (χ3n) is 3.82. The third-order valence-corrected chi connectivity index (χ3v) is 3.82. The number of nitrogens with zero attached hydrogens (tertiary/aromatic N) is 1. The van der Waals surface area contributed by atoms with Crippen LogP contribution in [0.4, 0.5) is 0 Å². The van der Waals surface area contributed by atoms with E-state index in [1.807, 2.05) is 4.90 Å². The van der Waals surface area contributed by atoms with Gasteiger partial charge in [0.25, 0.3) is 0 Å². The quantitative estimate of drug-likeness (QED) is 0.719. The van der Waals surface area contributed by atoms with Gasteiger partial charge in [0.15, 0.2) is 5.78 Å². The highest BCUT2D eigenvalue weighted by atomic mass is 16.5. The Kier molecular flexibility index (Phi) is 5.51. The molecule has 1 aromatic rings. The zero-order valence-corrected chi connectivity index (χ0v) is 12.7. The van der Waals surface area contributed by atoms with Crippen molar-refractivity contribution in [2.75, 3.05) is 19.7 Å². The molecule has 0 aromatic heterocycles. The van der Waals surface area contributed by atoms with Gasteiger partial charge >= 0.3 is 0 Å². The van der Waals surface area contributed by atoms with Crippen LogP contribution >= 0.6 is 0 Å². The van der Waals surface area contributed by atoms with Crippen LogP contribution in [0.25, 0.3) is 0 Å². The molecule has 1 heterocycles. The summed E-state index contributed by atoms with van der Waals surface area (Å²) in [6.07, 6.45) is 0.923. The number of ketones is 1. The number of Topliss-reactive ketones (excluding diaryl/α,β-unsaturated/α-hetero) is 1. The number of rotatable bonds is 7. The fourth-order valence-corrected chi connectivity index (χ4v) is 2.69. The molecule has 0 spiro atoms. The van der Waals surface area contributed by atoms with Crippen molar-refractivity contribution in [1.82, 2.24) is 4.90 Å². The molecule has 1 aliphatic heterocycles. The summed E-state index contributed by atoms with van der Waals surface area (Å²) in [5, 5.41) is 10.1. The predicted molar refractivity (Wildman–Crippen MR) is 81.7 cm³/mol. The topological polar surface area (TPSA) is 92.9 Å². The maximum atomic E-state index is 11.3. The first-order valence-corrected chi connectivity index (χ1v) is 7.42. The second-order valence-corrected chi connectivity index (χ2v) is 5.60. The van der Waals surface area contributed by atoms with E-state index in [2.05, 4.69) is 0 Å². The van der Waals surface area contributed by atoms with Crippen molar-refractivity contribution in [3.8, 4) is 5.75 Å². The van der Waals surface area contributed by atoms with Crippen LogP contribution in [0.3, 0.4) is 0 Å². The number of amides is 1. The minimum Gasteiger partial charge on any atom is -0.491 e. The number of β-amino-alcohol motifs (C(OH)–C–C–N with tert-alkyl or cyclic N) is 1. The van der Waals surface area contributed by atoms with E-state index in [4.69, 9.17) is 10.5 Å². The van der Waals surface area contributed by atoms with Gasteiger partial charge in [-0.25, -0.2) is 0 Å². The Morgan fingerprint density at radius 3 is 2.95 bits per heavy atom. The summed E-state index contributed by atoms with van der Waals surface area (Å²) in [5.74, 6) is 0.159. The van der Waals surface area contributed by atoms with Crippen LogP contribution < -0.4 is 10.5 Å². The summed E-state index contributed by atoms with van der Waals surface area (Å²) in [7, 11) is 0. The molecule has 22 heavy (non-hydrogen) atoms. The lowest BCUT2D eigenvalue weighted by Gasteiger charge is -2.24. The van der Waals surface area contributed by atoms with Crippen LogP contribution in [0.1, 0.15) is 30.1 Å². The molecule has 6 heteroatoms. The fraction of sp³-hybridized carbons (Fsp3) is 0.500. The van der Waals surface area contributed by atoms with Gasteiger partial charge in [0.1, 0.15) is 18.5 Å². The second-order valence-electron chi connectivity index (χ2n) is 5.60. The molecule has 0 radical (unpaired) electrons.